The van der Waals surface area contributed by atoms with E-state index in [1.807, 2.05) is 6.55 Å². The Labute approximate surface area is 149 Å². The lowest BCUT2D eigenvalue weighted by Crippen LogP contribution is -2.65. The second kappa shape index (κ2) is 11.7. The average molecular weight is 384 g/mol. The molecule has 7 nitrogen and oxygen atoms in total. The Kier molecular flexibility index (Phi) is 11.8. The second-order valence-corrected chi connectivity index (χ2v) is 13.1. The zero-order valence-corrected chi connectivity index (χ0v) is 18.5. The van der Waals surface area contributed by atoms with Gasteiger partial charge in [-0.1, -0.05) is 6.42 Å². The van der Waals surface area contributed by atoms with E-state index in [0.717, 1.165) is 44.3 Å². The van der Waals surface area contributed by atoms with Crippen LogP contribution in [0.5, 0.6) is 0 Å². The highest BCUT2D eigenvalue weighted by molar-refractivity contribution is 6.70. The van der Waals surface area contributed by atoms with Crippen molar-refractivity contribution in [1.82, 2.24) is 0 Å². The van der Waals surface area contributed by atoms with Gasteiger partial charge in [-0.2, -0.15) is 0 Å². The number of ether oxygens (including phenoxy) is 2. The Balaban J connectivity index is 0.000000470. The molecule has 0 aromatic heterocycles. The maximum Gasteiger partial charge on any atom is 0.399 e. The molecule has 9 heteroatoms. The normalized spacial score (nSPS) is 19.5. The van der Waals surface area contributed by atoms with Crippen LogP contribution >= 0.6 is 0 Å². The second-order valence-electron chi connectivity index (χ2n) is 5.96. The van der Waals surface area contributed by atoms with E-state index in [0.29, 0.717) is 0 Å². The smallest absolute Gasteiger partial charge is 0.398 e. The number of hydrogen-bond acceptors (Lipinski definition) is 7. The summed E-state index contributed by atoms with van der Waals surface area (Å²) >= 11 is 0. The molecule has 0 atom stereocenters. The summed E-state index contributed by atoms with van der Waals surface area (Å²) in [5.41, 5.74) is 4.73. The van der Waals surface area contributed by atoms with Gasteiger partial charge in [0.2, 0.25) is 5.41 Å². The number of methoxy groups -OCH3 is 2. The first-order valence-corrected chi connectivity index (χ1v) is 12.9. The van der Waals surface area contributed by atoms with E-state index in [1.165, 1.54) is 0 Å². The van der Waals surface area contributed by atoms with Crippen LogP contribution in [0.4, 0.5) is 0 Å². The summed E-state index contributed by atoms with van der Waals surface area (Å²) in [6, 6.07) is 1.91. The van der Waals surface area contributed by atoms with Crippen molar-refractivity contribution in [3.8, 4) is 0 Å². The van der Waals surface area contributed by atoms with Gasteiger partial charge >= 0.3 is 17.1 Å². The minimum absolute atomic E-state index is 0.630. The number of rotatable bonds is 9. The van der Waals surface area contributed by atoms with Gasteiger partial charge in [-0.05, 0) is 38.0 Å². The van der Waals surface area contributed by atoms with Crippen molar-refractivity contribution in [3.05, 3.63) is 0 Å². The number of nitrogens with two attached hydrogens (primary N) is 1. The van der Waals surface area contributed by atoms with E-state index in [1.54, 1.807) is 42.7 Å². The molecular formula is C15H37NO6Si2. The maximum absolute atomic E-state index is 5.59. The van der Waals surface area contributed by atoms with Crippen molar-refractivity contribution in [2.24, 2.45) is 5.73 Å². The van der Waals surface area contributed by atoms with Crippen LogP contribution in [0.2, 0.25) is 18.6 Å². The third kappa shape index (κ3) is 5.85. The van der Waals surface area contributed by atoms with Crippen LogP contribution in [0, 0.1) is 0 Å². The predicted octanol–water partition coefficient (Wildman–Crippen LogP) is 2.13. The average Bonchev–Trinajstić information content (AvgIpc) is 2.66. The van der Waals surface area contributed by atoms with Crippen molar-refractivity contribution >= 4 is 17.1 Å². The monoisotopic (exact) mass is 383 g/mol. The molecule has 0 bridgehead atoms. The summed E-state index contributed by atoms with van der Waals surface area (Å²) in [5, 5.41) is 0. The fourth-order valence-corrected chi connectivity index (χ4v) is 7.90. The summed E-state index contributed by atoms with van der Waals surface area (Å²) in [4.78, 5) is 0. The van der Waals surface area contributed by atoms with Gasteiger partial charge in [-0.15, -0.1) is 0 Å². The van der Waals surface area contributed by atoms with E-state index in [9.17, 15) is 0 Å². The SMILES string of the molecule is COC1(OC)CCCC[Si]1(OC)OC.CO[Si](C)(CCCN)OC. The molecule has 0 amide bonds. The lowest BCUT2D eigenvalue weighted by Gasteiger charge is -2.46. The molecule has 1 saturated heterocycles. The van der Waals surface area contributed by atoms with Gasteiger partial charge in [0.15, 0.2) is 0 Å². The van der Waals surface area contributed by atoms with Crippen molar-refractivity contribution < 1.29 is 27.2 Å². The quantitative estimate of drug-likeness (QED) is 0.482. The summed E-state index contributed by atoms with van der Waals surface area (Å²) < 4.78 is 32.7. The molecule has 0 aromatic rings. The molecule has 0 saturated carbocycles. The Morgan fingerprint density at radius 3 is 1.83 bits per heavy atom. The molecule has 146 valence electrons. The molecule has 1 aliphatic rings. The minimum atomic E-state index is -2.35. The molecular weight excluding hydrogens is 346 g/mol. The van der Waals surface area contributed by atoms with Crippen molar-refractivity contribution in [2.45, 2.75) is 49.7 Å². The van der Waals surface area contributed by atoms with Gasteiger partial charge in [0, 0.05) is 49.1 Å². The molecule has 1 fully saturated rings. The molecule has 1 rings (SSSR count). The fourth-order valence-electron chi connectivity index (χ4n) is 3.00. The molecule has 1 heterocycles. The van der Waals surface area contributed by atoms with Crippen LogP contribution in [0.25, 0.3) is 0 Å². The van der Waals surface area contributed by atoms with Crippen molar-refractivity contribution in [3.63, 3.8) is 0 Å². The highest BCUT2D eigenvalue weighted by Gasteiger charge is 2.60. The largest absolute Gasteiger partial charge is 0.399 e. The third-order valence-corrected chi connectivity index (χ3v) is 12.0. The van der Waals surface area contributed by atoms with E-state index in [-0.39, 0.29) is 0 Å². The van der Waals surface area contributed by atoms with Gasteiger partial charge < -0.3 is 32.9 Å². The lowest BCUT2D eigenvalue weighted by molar-refractivity contribution is -0.183. The van der Waals surface area contributed by atoms with Crippen LogP contribution in [0.1, 0.15) is 25.7 Å². The lowest BCUT2D eigenvalue weighted by atomic mass is 10.2. The molecule has 0 spiro atoms. The minimum Gasteiger partial charge on any atom is -0.398 e. The van der Waals surface area contributed by atoms with E-state index < -0.39 is 22.5 Å². The van der Waals surface area contributed by atoms with E-state index >= 15 is 0 Å². The van der Waals surface area contributed by atoms with Crippen LogP contribution in [-0.2, 0) is 27.2 Å². The zero-order valence-electron chi connectivity index (χ0n) is 16.5. The molecule has 0 aromatic carbocycles. The molecule has 2 N–H and O–H groups in total. The molecule has 0 aliphatic carbocycles. The highest BCUT2D eigenvalue weighted by Crippen LogP contribution is 2.40. The molecule has 1 aliphatic heterocycles. The van der Waals surface area contributed by atoms with Crippen LogP contribution in [0.3, 0.4) is 0 Å². The molecule has 0 radical (unpaired) electrons. The highest BCUT2D eigenvalue weighted by atomic mass is 28.4. The van der Waals surface area contributed by atoms with E-state index in [2.05, 4.69) is 0 Å². The third-order valence-electron chi connectivity index (χ3n) is 4.86. The first-order chi connectivity index (χ1) is 11.4. The Bertz CT molecular complexity index is 303. The van der Waals surface area contributed by atoms with Gasteiger partial charge in [-0.3, -0.25) is 0 Å². The van der Waals surface area contributed by atoms with Crippen molar-refractivity contribution in [2.75, 3.05) is 49.2 Å². The van der Waals surface area contributed by atoms with E-state index in [4.69, 9.17) is 32.9 Å². The summed E-state index contributed by atoms with van der Waals surface area (Å²) in [6.45, 7) is 2.76. The van der Waals surface area contributed by atoms with Crippen LogP contribution < -0.4 is 5.73 Å². The van der Waals surface area contributed by atoms with Gasteiger partial charge in [-0.25, -0.2) is 0 Å². The van der Waals surface area contributed by atoms with Gasteiger partial charge in [0.25, 0.3) is 0 Å². The van der Waals surface area contributed by atoms with Gasteiger partial charge in [0.05, 0.1) is 0 Å². The first kappa shape index (κ1) is 24.2. The first-order valence-electron chi connectivity index (χ1n) is 8.39. The van der Waals surface area contributed by atoms with Gasteiger partial charge in [0.1, 0.15) is 0 Å². The van der Waals surface area contributed by atoms with Crippen LogP contribution in [0.15, 0.2) is 0 Å². The van der Waals surface area contributed by atoms with Crippen molar-refractivity contribution in [1.29, 1.82) is 0 Å². The summed E-state index contributed by atoms with van der Waals surface area (Å²) in [5.74, 6) is 0. The summed E-state index contributed by atoms with van der Waals surface area (Å²) in [6.07, 6.45) is 4.07. The standard InChI is InChI=1S/C9H20O4Si.C6H17NO2Si/c1-10-9(11-2)7-5-6-8-14(9,12-3)13-4;1-8-10(3,9-2)6-4-5-7/h5-8H2,1-4H3;4-7H2,1-3H3. The topological polar surface area (TPSA) is 81.4 Å². The Hall–Kier alpha value is 0.154. The molecule has 0 unspecified atom stereocenters. The maximum atomic E-state index is 5.59. The summed E-state index contributed by atoms with van der Waals surface area (Å²) in [7, 11) is 5.95. The Morgan fingerprint density at radius 1 is 0.958 bits per heavy atom. The fraction of sp³-hybridized carbons (Fsp3) is 1.00. The Morgan fingerprint density at radius 2 is 1.50 bits per heavy atom. The predicted molar refractivity (Wildman–Crippen MR) is 99.3 cm³/mol. The van der Waals surface area contributed by atoms with Crippen LogP contribution in [-0.4, -0.2) is 71.7 Å². The number of hydrogen-bond donors (Lipinski definition) is 1. The zero-order chi connectivity index (χ0) is 18.7. The molecule has 24 heavy (non-hydrogen) atoms.